The van der Waals surface area contributed by atoms with Crippen molar-refractivity contribution in [1.82, 2.24) is 15.1 Å². The minimum atomic E-state index is -0.518. The summed E-state index contributed by atoms with van der Waals surface area (Å²) < 4.78 is 0. The first kappa shape index (κ1) is 20.2. The molecule has 1 spiro atoms. The van der Waals surface area contributed by atoms with E-state index < -0.39 is 5.41 Å². The van der Waals surface area contributed by atoms with Gasteiger partial charge in [0.2, 0.25) is 5.91 Å². The zero-order valence-corrected chi connectivity index (χ0v) is 17.2. The van der Waals surface area contributed by atoms with E-state index in [9.17, 15) is 14.4 Å². The van der Waals surface area contributed by atoms with Crippen LogP contribution in [0.3, 0.4) is 0 Å². The summed E-state index contributed by atoms with van der Waals surface area (Å²) in [6, 6.07) is 15.8. The number of carbonyl (C=O) groups excluding carboxylic acids is 3. The normalized spacial score (nSPS) is 21.3. The zero-order chi connectivity index (χ0) is 21.1. The van der Waals surface area contributed by atoms with Gasteiger partial charge in [-0.05, 0) is 30.3 Å². The zero-order valence-electron chi connectivity index (χ0n) is 16.4. The van der Waals surface area contributed by atoms with E-state index in [2.05, 4.69) is 10.6 Å². The fourth-order valence-corrected chi connectivity index (χ4v) is 4.30. The third kappa shape index (κ3) is 4.41. The molecule has 156 valence electrons. The third-order valence-corrected chi connectivity index (χ3v) is 5.79. The van der Waals surface area contributed by atoms with Crippen molar-refractivity contribution in [1.29, 1.82) is 0 Å². The lowest BCUT2D eigenvalue weighted by atomic mass is 9.86. The monoisotopic (exact) mass is 426 g/mol. The van der Waals surface area contributed by atoms with Crippen molar-refractivity contribution in [2.24, 2.45) is 5.41 Å². The fraction of sp³-hybridized carbons (Fsp3) is 0.318. The summed E-state index contributed by atoms with van der Waals surface area (Å²) in [6.45, 7) is 1.97. The Hall–Kier alpha value is -3.06. The Morgan fingerprint density at radius 1 is 1.00 bits per heavy atom. The van der Waals surface area contributed by atoms with Gasteiger partial charge in [0, 0.05) is 60.8 Å². The van der Waals surface area contributed by atoms with Gasteiger partial charge in [-0.3, -0.25) is 9.59 Å². The summed E-state index contributed by atoms with van der Waals surface area (Å²) >= 11 is 6.05. The highest BCUT2D eigenvalue weighted by atomic mass is 35.5. The molecule has 2 saturated heterocycles. The number of amides is 4. The van der Waals surface area contributed by atoms with Crippen LogP contribution in [0.2, 0.25) is 5.02 Å². The minimum absolute atomic E-state index is 0.0597. The average molecular weight is 427 g/mol. The molecule has 7 nitrogen and oxygen atoms in total. The summed E-state index contributed by atoms with van der Waals surface area (Å²) in [6.07, 6.45) is 0.279. The van der Waals surface area contributed by atoms with E-state index in [0.717, 1.165) is 0 Å². The molecule has 4 rings (SSSR count). The van der Waals surface area contributed by atoms with Crippen LogP contribution in [0, 0.1) is 5.41 Å². The maximum absolute atomic E-state index is 13.1. The maximum atomic E-state index is 13.1. The molecule has 0 saturated carbocycles. The van der Waals surface area contributed by atoms with Crippen molar-refractivity contribution in [2.45, 2.75) is 6.42 Å². The number of hydrogen-bond donors (Lipinski definition) is 2. The first-order chi connectivity index (χ1) is 14.4. The number of hydrogen-bond acceptors (Lipinski definition) is 3. The Kier molecular flexibility index (Phi) is 5.63. The fourth-order valence-electron chi connectivity index (χ4n) is 4.11. The molecule has 2 aliphatic rings. The minimum Gasteiger partial charge on any atom is -0.355 e. The first-order valence-corrected chi connectivity index (χ1v) is 10.2. The predicted octanol–water partition coefficient (Wildman–Crippen LogP) is 2.84. The molecule has 1 atom stereocenters. The van der Waals surface area contributed by atoms with Crippen LogP contribution in [0.25, 0.3) is 0 Å². The van der Waals surface area contributed by atoms with Gasteiger partial charge in [0.05, 0.1) is 0 Å². The molecular formula is C22H23ClN4O3. The summed E-state index contributed by atoms with van der Waals surface area (Å²) in [5.74, 6) is -0.211. The quantitative estimate of drug-likeness (QED) is 0.774. The molecule has 2 aromatic carbocycles. The summed E-state index contributed by atoms with van der Waals surface area (Å²) in [4.78, 5) is 41.5. The van der Waals surface area contributed by atoms with Gasteiger partial charge >= 0.3 is 6.03 Å². The summed E-state index contributed by atoms with van der Waals surface area (Å²) in [5.41, 5.74) is 0.681. The van der Waals surface area contributed by atoms with E-state index in [4.69, 9.17) is 11.6 Å². The molecule has 4 amide bonds. The Morgan fingerprint density at radius 2 is 1.73 bits per heavy atom. The number of rotatable bonds is 2. The van der Waals surface area contributed by atoms with Gasteiger partial charge in [0.1, 0.15) is 0 Å². The van der Waals surface area contributed by atoms with Crippen molar-refractivity contribution in [3.05, 3.63) is 65.2 Å². The second-order valence-corrected chi connectivity index (χ2v) is 8.34. The van der Waals surface area contributed by atoms with Gasteiger partial charge < -0.3 is 20.4 Å². The topological polar surface area (TPSA) is 81.8 Å². The van der Waals surface area contributed by atoms with Crippen LogP contribution in [0.1, 0.15) is 16.8 Å². The molecule has 2 aromatic rings. The number of para-hydroxylation sites is 1. The number of halogens is 1. The summed E-state index contributed by atoms with van der Waals surface area (Å²) in [5, 5.41) is 6.26. The number of benzene rings is 2. The Morgan fingerprint density at radius 3 is 2.43 bits per heavy atom. The highest BCUT2D eigenvalue weighted by Crippen LogP contribution is 2.32. The van der Waals surface area contributed by atoms with Crippen molar-refractivity contribution in [2.75, 3.05) is 38.0 Å². The van der Waals surface area contributed by atoms with Crippen molar-refractivity contribution in [3.63, 3.8) is 0 Å². The number of nitrogens with one attached hydrogen (secondary N) is 2. The van der Waals surface area contributed by atoms with Crippen LogP contribution in [0.5, 0.6) is 0 Å². The van der Waals surface area contributed by atoms with Crippen LogP contribution in [-0.2, 0) is 4.79 Å². The van der Waals surface area contributed by atoms with Crippen LogP contribution in [0.15, 0.2) is 54.6 Å². The lowest BCUT2D eigenvalue weighted by Gasteiger charge is -2.32. The van der Waals surface area contributed by atoms with Crippen LogP contribution in [0.4, 0.5) is 10.5 Å². The van der Waals surface area contributed by atoms with Gasteiger partial charge in [0.25, 0.3) is 5.91 Å². The van der Waals surface area contributed by atoms with Gasteiger partial charge in [-0.1, -0.05) is 35.9 Å². The Labute approximate surface area is 180 Å². The Balaban J connectivity index is 1.56. The highest BCUT2D eigenvalue weighted by molar-refractivity contribution is 6.30. The SMILES string of the molecule is O=C1CC2(CN1)CN(C(=O)Nc1ccccc1)CCN(C(=O)c1cccc(Cl)c1)C2. The van der Waals surface area contributed by atoms with Crippen LogP contribution >= 0.6 is 11.6 Å². The second-order valence-electron chi connectivity index (χ2n) is 7.91. The number of urea groups is 1. The molecule has 2 heterocycles. The molecule has 8 heteroatoms. The molecule has 2 fully saturated rings. The molecule has 2 N–H and O–H groups in total. The molecular weight excluding hydrogens is 404 g/mol. The van der Waals surface area contributed by atoms with Gasteiger partial charge in [-0.15, -0.1) is 0 Å². The van der Waals surface area contributed by atoms with E-state index in [1.54, 1.807) is 34.1 Å². The lowest BCUT2D eigenvalue weighted by Crippen LogP contribution is -2.46. The van der Waals surface area contributed by atoms with E-state index in [1.807, 2.05) is 30.3 Å². The van der Waals surface area contributed by atoms with E-state index in [0.29, 0.717) is 49.0 Å². The Bertz CT molecular complexity index is 968. The van der Waals surface area contributed by atoms with E-state index >= 15 is 0 Å². The molecule has 0 aromatic heterocycles. The predicted molar refractivity (Wildman–Crippen MR) is 114 cm³/mol. The van der Waals surface area contributed by atoms with E-state index in [-0.39, 0.29) is 24.3 Å². The van der Waals surface area contributed by atoms with Gasteiger partial charge in [-0.2, -0.15) is 0 Å². The van der Waals surface area contributed by atoms with Crippen molar-refractivity contribution >= 4 is 35.1 Å². The maximum Gasteiger partial charge on any atom is 0.321 e. The lowest BCUT2D eigenvalue weighted by molar-refractivity contribution is -0.119. The molecule has 0 radical (unpaired) electrons. The second kappa shape index (κ2) is 8.36. The van der Waals surface area contributed by atoms with E-state index in [1.165, 1.54) is 0 Å². The van der Waals surface area contributed by atoms with Crippen molar-refractivity contribution in [3.8, 4) is 0 Å². The smallest absolute Gasteiger partial charge is 0.321 e. The number of carbonyl (C=O) groups is 3. The first-order valence-electron chi connectivity index (χ1n) is 9.87. The number of nitrogens with zero attached hydrogens (tertiary/aromatic N) is 2. The van der Waals surface area contributed by atoms with Gasteiger partial charge in [-0.25, -0.2) is 4.79 Å². The van der Waals surface area contributed by atoms with Gasteiger partial charge in [0.15, 0.2) is 0 Å². The summed E-state index contributed by atoms with van der Waals surface area (Å²) in [7, 11) is 0. The molecule has 30 heavy (non-hydrogen) atoms. The third-order valence-electron chi connectivity index (χ3n) is 5.56. The largest absolute Gasteiger partial charge is 0.355 e. The van der Waals surface area contributed by atoms with Crippen LogP contribution < -0.4 is 10.6 Å². The molecule has 1 unspecified atom stereocenters. The van der Waals surface area contributed by atoms with Crippen molar-refractivity contribution < 1.29 is 14.4 Å². The van der Waals surface area contributed by atoms with Crippen LogP contribution in [-0.4, -0.2) is 60.4 Å². The highest BCUT2D eigenvalue weighted by Gasteiger charge is 2.45. The number of anilines is 1. The molecule has 2 aliphatic heterocycles. The standard InChI is InChI=1S/C22H23ClN4O3/c23-17-6-4-5-16(11-17)20(29)26-9-10-27(15-22(14-26)12-19(28)24-13-22)21(30)25-18-7-2-1-3-8-18/h1-8,11H,9-10,12-15H2,(H,24,28)(H,25,30). The molecule has 0 aliphatic carbocycles. The molecule has 0 bridgehead atoms. The average Bonchev–Trinajstić information content (AvgIpc) is 2.98.